The summed E-state index contributed by atoms with van der Waals surface area (Å²) in [7, 11) is 4.77. The van der Waals surface area contributed by atoms with Crippen molar-refractivity contribution < 1.29 is 14.2 Å². The van der Waals surface area contributed by atoms with E-state index < -0.39 is 0 Å². The van der Waals surface area contributed by atoms with Crippen molar-refractivity contribution in [3.05, 3.63) is 36.7 Å². The molecule has 11 heteroatoms. The van der Waals surface area contributed by atoms with Gasteiger partial charge in [-0.3, -0.25) is 0 Å². The predicted octanol–water partition coefficient (Wildman–Crippen LogP) is 3.44. The second-order valence-corrected chi connectivity index (χ2v) is 8.72. The molecule has 1 unspecified atom stereocenters. The SMILES string of the molecule is COc1cc(-n2cnc(Nc3nc(C4CCNC4)nc4c3cnn4C(C)C)c2)cc(OC)c1OC. The van der Waals surface area contributed by atoms with Gasteiger partial charge >= 0.3 is 0 Å². The van der Waals surface area contributed by atoms with E-state index in [9.17, 15) is 0 Å². The van der Waals surface area contributed by atoms with Gasteiger partial charge in [0.15, 0.2) is 17.1 Å². The van der Waals surface area contributed by atoms with E-state index in [1.165, 1.54) is 0 Å². The highest BCUT2D eigenvalue weighted by Gasteiger charge is 2.23. The first-order chi connectivity index (χ1) is 17.0. The number of anilines is 2. The number of nitrogens with one attached hydrogen (secondary N) is 2. The molecular formula is C24H30N8O3. The van der Waals surface area contributed by atoms with E-state index in [1.54, 1.807) is 27.7 Å². The third-order valence-corrected chi connectivity index (χ3v) is 6.16. The van der Waals surface area contributed by atoms with E-state index >= 15 is 0 Å². The molecule has 0 amide bonds. The Kier molecular flexibility index (Phi) is 6.16. The Hall–Kier alpha value is -3.86. The molecule has 2 N–H and O–H groups in total. The molecule has 1 aromatic carbocycles. The van der Waals surface area contributed by atoms with E-state index in [1.807, 2.05) is 33.8 Å². The summed E-state index contributed by atoms with van der Waals surface area (Å²) in [5.74, 6) is 4.10. The molecule has 0 bridgehead atoms. The molecule has 0 spiro atoms. The molecule has 184 valence electrons. The minimum atomic E-state index is 0.184. The van der Waals surface area contributed by atoms with Crippen molar-refractivity contribution in [3.63, 3.8) is 0 Å². The van der Waals surface area contributed by atoms with Crippen molar-refractivity contribution >= 4 is 22.7 Å². The molecule has 0 aliphatic carbocycles. The Morgan fingerprint density at radius 3 is 2.49 bits per heavy atom. The van der Waals surface area contributed by atoms with E-state index in [4.69, 9.17) is 24.2 Å². The fourth-order valence-corrected chi connectivity index (χ4v) is 4.34. The number of aromatic nitrogens is 6. The first kappa shape index (κ1) is 22.9. The molecule has 4 heterocycles. The van der Waals surface area contributed by atoms with Gasteiger partial charge in [0, 0.05) is 30.6 Å². The van der Waals surface area contributed by atoms with Crippen LogP contribution in [0.25, 0.3) is 16.7 Å². The fraction of sp³-hybridized carbons (Fsp3) is 0.417. The molecule has 1 aliphatic rings. The molecule has 3 aromatic heterocycles. The van der Waals surface area contributed by atoms with Crippen LogP contribution in [0.4, 0.5) is 11.6 Å². The summed E-state index contributed by atoms with van der Waals surface area (Å²) in [6.45, 7) is 6.03. The van der Waals surface area contributed by atoms with Crippen molar-refractivity contribution in [3.8, 4) is 22.9 Å². The van der Waals surface area contributed by atoms with Crippen LogP contribution in [0.3, 0.4) is 0 Å². The fourth-order valence-electron chi connectivity index (χ4n) is 4.34. The zero-order valence-electron chi connectivity index (χ0n) is 20.6. The van der Waals surface area contributed by atoms with Crippen molar-refractivity contribution in [1.82, 2.24) is 34.6 Å². The average molecular weight is 479 g/mol. The lowest BCUT2D eigenvalue weighted by Crippen LogP contribution is -2.12. The normalized spacial score (nSPS) is 15.7. The third-order valence-electron chi connectivity index (χ3n) is 6.16. The summed E-state index contributed by atoms with van der Waals surface area (Å²) < 4.78 is 20.2. The summed E-state index contributed by atoms with van der Waals surface area (Å²) in [6, 6.07) is 3.92. The maximum atomic E-state index is 5.49. The van der Waals surface area contributed by atoms with Gasteiger partial charge in [0.1, 0.15) is 23.8 Å². The van der Waals surface area contributed by atoms with Crippen molar-refractivity contribution in [2.24, 2.45) is 0 Å². The largest absolute Gasteiger partial charge is 0.493 e. The Morgan fingerprint density at radius 2 is 1.86 bits per heavy atom. The summed E-state index contributed by atoms with van der Waals surface area (Å²) >= 11 is 0. The van der Waals surface area contributed by atoms with Crippen molar-refractivity contribution in [2.45, 2.75) is 32.2 Å². The summed E-state index contributed by atoms with van der Waals surface area (Å²) in [6.07, 6.45) is 6.43. The number of hydrogen-bond donors (Lipinski definition) is 2. The lowest BCUT2D eigenvalue weighted by molar-refractivity contribution is 0.324. The topological polar surface area (TPSA) is 113 Å². The van der Waals surface area contributed by atoms with Gasteiger partial charge in [0.05, 0.1) is 44.8 Å². The average Bonchev–Trinajstić information content (AvgIpc) is 3.63. The highest BCUT2D eigenvalue weighted by Crippen LogP contribution is 2.39. The lowest BCUT2D eigenvalue weighted by atomic mass is 10.1. The molecule has 1 atom stereocenters. The Balaban J connectivity index is 1.52. The Bertz CT molecular complexity index is 1320. The quantitative estimate of drug-likeness (QED) is 0.393. The second kappa shape index (κ2) is 9.41. The lowest BCUT2D eigenvalue weighted by Gasteiger charge is -2.14. The predicted molar refractivity (Wildman–Crippen MR) is 132 cm³/mol. The third kappa shape index (κ3) is 4.23. The number of imidazole rings is 1. The van der Waals surface area contributed by atoms with Gasteiger partial charge in [-0.05, 0) is 26.8 Å². The smallest absolute Gasteiger partial charge is 0.203 e. The molecule has 4 aromatic rings. The number of fused-ring (bicyclic) bond motifs is 1. The highest BCUT2D eigenvalue weighted by atomic mass is 16.5. The van der Waals surface area contributed by atoms with Gasteiger partial charge in [0.25, 0.3) is 0 Å². The highest BCUT2D eigenvalue weighted by molar-refractivity contribution is 5.88. The summed E-state index contributed by atoms with van der Waals surface area (Å²) in [5.41, 5.74) is 1.64. The van der Waals surface area contributed by atoms with Crippen molar-refractivity contribution in [2.75, 3.05) is 39.7 Å². The van der Waals surface area contributed by atoms with Gasteiger partial charge in [-0.15, -0.1) is 0 Å². The van der Waals surface area contributed by atoms with Crippen LogP contribution in [0.5, 0.6) is 17.2 Å². The first-order valence-electron chi connectivity index (χ1n) is 11.6. The number of nitrogens with zero attached hydrogens (tertiary/aromatic N) is 6. The van der Waals surface area contributed by atoms with Gasteiger partial charge in [-0.1, -0.05) is 0 Å². The molecule has 0 saturated carbocycles. The van der Waals surface area contributed by atoms with Crippen LogP contribution in [0, 0.1) is 0 Å². The summed E-state index contributed by atoms with van der Waals surface area (Å²) in [5, 5.41) is 12.2. The van der Waals surface area contributed by atoms with E-state index in [-0.39, 0.29) is 12.0 Å². The standard InChI is InChI=1S/C24H30N8O3/c1-14(2)32-24-17(11-27-32)23(29-22(30-24)15-6-7-25-10-15)28-20-12-31(13-26-20)16-8-18(33-3)21(35-5)19(9-16)34-4/h8-9,11-15,25H,6-7,10H2,1-5H3,(H,28,29,30). The second-order valence-electron chi connectivity index (χ2n) is 8.72. The zero-order valence-corrected chi connectivity index (χ0v) is 20.6. The number of rotatable bonds is 8. The maximum Gasteiger partial charge on any atom is 0.203 e. The van der Waals surface area contributed by atoms with Crippen molar-refractivity contribution in [1.29, 1.82) is 0 Å². The van der Waals surface area contributed by atoms with Gasteiger partial charge in [0.2, 0.25) is 5.75 Å². The van der Waals surface area contributed by atoms with Gasteiger partial charge in [-0.2, -0.15) is 5.10 Å². The molecule has 1 saturated heterocycles. The van der Waals surface area contributed by atoms with Crippen LogP contribution in [-0.2, 0) is 0 Å². The van der Waals surface area contributed by atoms with Gasteiger partial charge < -0.3 is 29.4 Å². The number of benzene rings is 1. The van der Waals surface area contributed by atoms with Crippen LogP contribution in [0.1, 0.15) is 38.1 Å². The molecule has 5 rings (SSSR count). The van der Waals surface area contributed by atoms with Crippen LogP contribution >= 0.6 is 0 Å². The van der Waals surface area contributed by atoms with Crippen LogP contribution in [0.2, 0.25) is 0 Å². The van der Waals surface area contributed by atoms with E-state index in [2.05, 4.69) is 34.6 Å². The molecular weight excluding hydrogens is 448 g/mol. The Morgan fingerprint density at radius 1 is 1.09 bits per heavy atom. The van der Waals surface area contributed by atoms with Crippen LogP contribution in [0.15, 0.2) is 30.9 Å². The monoisotopic (exact) mass is 478 g/mol. The molecule has 35 heavy (non-hydrogen) atoms. The minimum Gasteiger partial charge on any atom is -0.493 e. The maximum absolute atomic E-state index is 5.49. The van der Waals surface area contributed by atoms with Crippen LogP contribution < -0.4 is 24.8 Å². The summed E-state index contributed by atoms with van der Waals surface area (Å²) in [4.78, 5) is 14.3. The minimum absolute atomic E-state index is 0.184. The number of hydrogen-bond acceptors (Lipinski definition) is 9. The molecule has 1 aliphatic heterocycles. The first-order valence-corrected chi connectivity index (χ1v) is 11.6. The van der Waals surface area contributed by atoms with Gasteiger partial charge in [-0.25, -0.2) is 19.6 Å². The van der Waals surface area contributed by atoms with E-state index in [0.29, 0.717) is 28.9 Å². The molecule has 1 fully saturated rings. The molecule has 0 radical (unpaired) electrons. The Labute approximate surface area is 203 Å². The van der Waals surface area contributed by atoms with E-state index in [0.717, 1.165) is 42.1 Å². The number of ether oxygens (including phenoxy) is 3. The zero-order chi connectivity index (χ0) is 24.5. The molecule has 11 nitrogen and oxygen atoms in total. The van der Waals surface area contributed by atoms with Crippen LogP contribution in [-0.4, -0.2) is 63.7 Å². The number of methoxy groups -OCH3 is 3.